The number of nitrogens with zero attached hydrogens (tertiary/aromatic N) is 3. The molecule has 2 saturated carbocycles. The first-order chi connectivity index (χ1) is 12.0. The number of fused-ring (bicyclic) bond motifs is 1. The number of carbonyl (C=O) groups excluding carboxylic acids is 1. The molecular weight excluding hydrogens is 316 g/mol. The second-order valence-corrected chi connectivity index (χ2v) is 7.89. The zero-order valence-corrected chi connectivity index (χ0v) is 15.0. The smallest absolute Gasteiger partial charge is 0.252 e. The highest BCUT2D eigenvalue weighted by atomic mass is 16.3. The predicted molar refractivity (Wildman–Crippen MR) is 95.6 cm³/mol. The van der Waals surface area contributed by atoms with Crippen LogP contribution in [0.25, 0.3) is 11.0 Å². The van der Waals surface area contributed by atoms with E-state index < -0.39 is 5.54 Å². The van der Waals surface area contributed by atoms with Crippen molar-refractivity contribution in [1.29, 1.82) is 0 Å². The summed E-state index contributed by atoms with van der Waals surface area (Å²) in [5, 5.41) is 18.2. The third kappa shape index (κ3) is 2.92. The third-order valence-electron chi connectivity index (χ3n) is 5.56. The van der Waals surface area contributed by atoms with Crippen molar-refractivity contribution in [2.45, 2.75) is 69.9 Å². The Hall–Kier alpha value is -1.95. The Kier molecular flexibility index (Phi) is 4.02. The molecule has 4 rings (SSSR count). The van der Waals surface area contributed by atoms with E-state index >= 15 is 0 Å². The van der Waals surface area contributed by atoms with Gasteiger partial charge >= 0.3 is 0 Å². The number of amides is 1. The molecule has 0 aromatic carbocycles. The van der Waals surface area contributed by atoms with Crippen LogP contribution < -0.4 is 5.32 Å². The minimum atomic E-state index is -0.472. The van der Waals surface area contributed by atoms with E-state index in [0.29, 0.717) is 11.5 Å². The van der Waals surface area contributed by atoms with Gasteiger partial charge in [0.15, 0.2) is 5.65 Å². The van der Waals surface area contributed by atoms with Crippen LogP contribution in [0.4, 0.5) is 0 Å². The number of aromatic nitrogens is 3. The molecular formula is C19H26N4O2. The van der Waals surface area contributed by atoms with E-state index in [-0.39, 0.29) is 18.6 Å². The standard InChI is InChI=1S/C19H26N4O2/c1-12(2)23-17-15(10-20-23)14(9-16(21-17)13-5-6-13)18(25)22-19(11-24)7-3-4-8-19/h9-10,12-13,24H,3-8,11H2,1-2H3,(H,22,25). The van der Waals surface area contributed by atoms with E-state index in [9.17, 15) is 9.90 Å². The number of carbonyl (C=O) groups is 1. The van der Waals surface area contributed by atoms with Crippen LogP contribution >= 0.6 is 0 Å². The molecule has 0 saturated heterocycles. The van der Waals surface area contributed by atoms with Crippen LogP contribution in [0.2, 0.25) is 0 Å². The summed E-state index contributed by atoms with van der Waals surface area (Å²) in [5.74, 6) is 0.346. The van der Waals surface area contributed by atoms with Crippen LogP contribution in [-0.4, -0.2) is 37.9 Å². The van der Waals surface area contributed by atoms with Crippen molar-refractivity contribution in [3.8, 4) is 0 Å². The van der Waals surface area contributed by atoms with Gasteiger partial charge in [0.1, 0.15) is 0 Å². The summed E-state index contributed by atoms with van der Waals surface area (Å²) in [4.78, 5) is 17.9. The zero-order valence-electron chi connectivity index (χ0n) is 15.0. The van der Waals surface area contributed by atoms with Gasteiger partial charge in [0, 0.05) is 17.7 Å². The lowest BCUT2D eigenvalue weighted by atomic mass is 9.97. The summed E-state index contributed by atoms with van der Waals surface area (Å²) in [6.45, 7) is 4.13. The van der Waals surface area contributed by atoms with Crippen LogP contribution in [0, 0.1) is 0 Å². The van der Waals surface area contributed by atoms with Gasteiger partial charge in [-0.1, -0.05) is 12.8 Å². The number of pyridine rings is 1. The molecule has 2 aromatic heterocycles. The molecule has 0 atom stereocenters. The molecule has 25 heavy (non-hydrogen) atoms. The average Bonchev–Trinajstić information content (AvgIpc) is 3.19. The van der Waals surface area contributed by atoms with E-state index in [0.717, 1.165) is 55.3 Å². The van der Waals surface area contributed by atoms with Crippen LogP contribution in [0.5, 0.6) is 0 Å². The molecule has 6 heteroatoms. The molecule has 134 valence electrons. The van der Waals surface area contributed by atoms with Crippen LogP contribution in [0.3, 0.4) is 0 Å². The van der Waals surface area contributed by atoms with Gasteiger partial charge in [-0.15, -0.1) is 0 Å². The molecule has 0 unspecified atom stereocenters. The summed E-state index contributed by atoms with van der Waals surface area (Å²) >= 11 is 0. The number of nitrogens with one attached hydrogen (secondary N) is 1. The van der Waals surface area contributed by atoms with Crippen molar-refractivity contribution in [3.05, 3.63) is 23.5 Å². The predicted octanol–water partition coefficient (Wildman–Crippen LogP) is 2.92. The second kappa shape index (κ2) is 6.09. The molecule has 2 fully saturated rings. The minimum absolute atomic E-state index is 0.00625. The number of aliphatic hydroxyl groups is 1. The van der Waals surface area contributed by atoms with E-state index in [4.69, 9.17) is 4.98 Å². The van der Waals surface area contributed by atoms with Gasteiger partial charge in [-0.25, -0.2) is 9.67 Å². The first-order valence-corrected chi connectivity index (χ1v) is 9.34. The first kappa shape index (κ1) is 16.5. The number of rotatable bonds is 5. The molecule has 1 amide bonds. The second-order valence-electron chi connectivity index (χ2n) is 7.89. The number of aliphatic hydroxyl groups excluding tert-OH is 1. The molecule has 0 bridgehead atoms. The van der Waals surface area contributed by atoms with Crippen molar-refractivity contribution < 1.29 is 9.90 Å². The van der Waals surface area contributed by atoms with Gasteiger partial charge in [-0.2, -0.15) is 5.10 Å². The lowest BCUT2D eigenvalue weighted by molar-refractivity contribution is 0.0840. The van der Waals surface area contributed by atoms with Crippen LogP contribution in [0.15, 0.2) is 12.3 Å². The van der Waals surface area contributed by atoms with Crippen molar-refractivity contribution in [2.24, 2.45) is 0 Å². The maximum atomic E-state index is 13.1. The quantitative estimate of drug-likeness (QED) is 0.875. The van der Waals surface area contributed by atoms with Crippen LogP contribution in [0.1, 0.15) is 80.4 Å². The Morgan fingerprint density at radius 2 is 2.12 bits per heavy atom. The SMILES string of the molecule is CC(C)n1ncc2c(C(=O)NC3(CO)CCCC3)cc(C3CC3)nc21. The molecule has 2 aliphatic carbocycles. The fraction of sp³-hybridized carbons (Fsp3) is 0.632. The number of hydrogen-bond acceptors (Lipinski definition) is 4. The van der Waals surface area contributed by atoms with Crippen molar-refractivity contribution in [3.63, 3.8) is 0 Å². The summed E-state index contributed by atoms with van der Waals surface area (Å²) in [5.41, 5.74) is 1.94. The van der Waals surface area contributed by atoms with Gasteiger partial charge in [-0.05, 0) is 45.6 Å². The first-order valence-electron chi connectivity index (χ1n) is 9.34. The lowest BCUT2D eigenvalue weighted by Crippen LogP contribution is -2.49. The van der Waals surface area contributed by atoms with Gasteiger partial charge in [-0.3, -0.25) is 4.79 Å². The Bertz CT molecular complexity index is 801. The van der Waals surface area contributed by atoms with E-state index in [1.165, 1.54) is 0 Å². The Morgan fingerprint density at radius 1 is 1.40 bits per heavy atom. The fourth-order valence-corrected chi connectivity index (χ4v) is 3.87. The topological polar surface area (TPSA) is 80.0 Å². The molecule has 2 N–H and O–H groups in total. The van der Waals surface area contributed by atoms with Gasteiger partial charge in [0.2, 0.25) is 0 Å². The van der Waals surface area contributed by atoms with Crippen molar-refractivity contribution in [1.82, 2.24) is 20.1 Å². The normalized spacial score (nSPS) is 19.7. The summed E-state index contributed by atoms with van der Waals surface area (Å²) in [6, 6.07) is 2.12. The summed E-state index contributed by atoms with van der Waals surface area (Å²) in [6.07, 6.45) is 7.78. The number of hydrogen-bond donors (Lipinski definition) is 2. The van der Waals surface area contributed by atoms with Crippen molar-refractivity contribution in [2.75, 3.05) is 6.61 Å². The Labute approximate surface area is 147 Å². The molecule has 2 aromatic rings. The zero-order chi connectivity index (χ0) is 17.6. The molecule has 6 nitrogen and oxygen atoms in total. The Morgan fingerprint density at radius 3 is 2.72 bits per heavy atom. The van der Waals surface area contributed by atoms with E-state index in [2.05, 4.69) is 24.3 Å². The summed E-state index contributed by atoms with van der Waals surface area (Å²) < 4.78 is 1.88. The van der Waals surface area contributed by atoms with Crippen LogP contribution in [-0.2, 0) is 0 Å². The summed E-state index contributed by atoms with van der Waals surface area (Å²) in [7, 11) is 0. The van der Waals surface area contributed by atoms with E-state index in [1.807, 2.05) is 10.7 Å². The largest absolute Gasteiger partial charge is 0.394 e. The molecule has 0 spiro atoms. The lowest BCUT2D eigenvalue weighted by Gasteiger charge is -2.28. The highest BCUT2D eigenvalue weighted by molar-refractivity contribution is 6.05. The Balaban J connectivity index is 1.76. The maximum absolute atomic E-state index is 13.1. The average molecular weight is 342 g/mol. The third-order valence-corrected chi connectivity index (χ3v) is 5.56. The molecule has 0 aliphatic heterocycles. The maximum Gasteiger partial charge on any atom is 0.252 e. The molecule has 2 aliphatic rings. The van der Waals surface area contributed by atoms with Gasteiger partial charge in [0.25, 0.3) is 5.91 Å². The minimum Gasteiger partial charge on any atom is -0.394 e. The highest BCUT2D eigenvalue weighted by Gasteiger charge is 2.36. The highest BCUT2D eigenvalue weighted by Crippen LogP contribution is 2.40. The van der Waals surface area contributed by atoms with Gasteiger partial charge in [0.05, 0.1) is 29.3 Å². The van der Waals surface area contributed by atoms with Gasteiger partial charge < -0.3 is 10.4 Å². The van der Waals surface area contributed by atoms with E-state index in [1.54, 1.807) is 6.20 Å². The molecule has 0 radical (unpaired) electrons. The fourth-order valence-electron chi connectivity index (χ4n) is 3.87. The molecule has 2 heterocycles. The monoisotopic (exact) mass is 342 g/mol. The van der Waals surface area contributed by atoms with Crippen molar-refractivity contribution >= 4 is 16.9 Å².